The molecule has 1 rings (SSSR count). The van der Waals surface area contributed by atoms with Crippen molar-refractivity contribution in [2.75, 3.05) is 6.54 Å². The van der Waals surface area contributed by atoms with E-state index in [1.54, 1.807) is 6.92 Å². The summed E-state index contributed by atoms with van der Waals surface area (Å²) in [5, 5.41) is 7.38. The molecule has 1 aromatic rings. The van der Waals surface area contributed by atoms with Gasteiger partial charge in [0.05, 0.1) is 4.90 Å². The number of rotatable bonds is 5. The monoisotopic (exact) mass is 290 g/mol. The van der Waals surface area contributed by atoms with E-state index in [9.17, 15) is 17.6 Å². The van der Waals surface area contributed by atoms with Crippen LogP contribution in [0.5, 0.6) is 5.75 Å². The fourth-order valence-electron chi connectivity index (χ4n) is 1.32. The summed E-state index contributed by atoms with van der Waals surface area (Å²) in [6, 6.07) is 2.97. The summed E-state index contributed by atoms with van der Waals surface area (Å²) in [5.74, 6) is -1.51. The maximum atomic E-state index is 13.6. The summed E-state index contributed by atoms with van der Waals surface area (Å²) in [6.45, 7) is 3.63. The molecule has 0 aliphatic carbocycles. The number of primary sulfonamides is 1. The average Bonchev–Trinajstić information content (AvgIpc) is 2.30. The van der Waals surface area contributed by atoms with Crippen molar-refractivity contribution < 1.29 is 22.3 Å². The molecule has 6 nitrogen and oxygen atoms in total. The number of hydrogen-bond acceptors (Lipinski definition) is 4. The molecule has 0 saturated carbocycles. The van der Waals surface area contributed by atoms with Crippen LogP contribution in [-0.2, 0) is 14.8 Å². The number of ether oxygens (including phenoxy) is 1. The minimum absolute atomic E-state index is 0.217. The van der Waals surface area contributed by atoms with Gasteiger partial charge in [0.2, 0.25) is 10.0 Å². The van der Waals surface area contributed by atoms with Crippen molar-refractivity contribution in [2.24, 2.45) is 5.14 Å². The predicted octanol–water partition coefficient (Wildman–Crippen LogP) is 0.377. The third kappa shape index (κ3) is 4.18. The SMILES string of the molecule is CCNC(=O)C(C)Oc1ccc(S(N)(=O)=O)cc1F. The first-order valence-corrected chi connectivity index (χ1v) is 7.07. The Labute approximate surface area is 110 Å². The second-order valence-corrected chi connectivity index (χ2v) is 5.35. The number of carbonyl (C=O) groups is 1. The number of nitrogens with two attached hydrogens (primary N) is 1. The van der Waals surface area contributed by atoms with E-state index >= 15 is 0 Å². The number of hydrogen-bond donors (Lipinski definition) is 2. The van der Waals surface area contributed by atoms with Crippen molar-refractivity contribution in [1.82, 2.24) is 5.32 Å². The molecule has 0 fully saturated rings. The van der Waals surface area contributed by atoms with E-state index in [1.807, 2.05) is 0 Å². The molecule has 0 saturated heterocycles. The van der Waals surface area contributed by atoms with E-state index in [0.717, 1.165) is 18.2 Å². The highest BCUT2D eigenvalue weighted by Crippen LogP contribution is 2.21. The van der Waals surface area contributed by atoms with Gasteiger partial charge in [0.1, 0.15) is 0 Å². The third-order valence-electron chi connectivity index (χ3n) is 2.26. The van der Waals surface area contributed by atoms with Gasteiger partial charge >= 0.3 is 0 Å². The number of halogens is 1. The fraction of sp³-hybridized carbons (Fsp3) is 0.364. The molecule has 0 aliphatic heterocycles. The molecular formula is C11H15FN2O4S. The largest absolute Gasteiger partial charge is 0.478 e. The molecule has 0 radical (unpaired) electrons. The van der Waals surface area contributed by atoms with E-state index < -0.39 is 27.9 Å². The smallest absolute Gasteiger partial charge is 0.260 e. The normalized spacial score (nSPS) is 12.8. The van der Waals surface area contributed by atoms with Gasteiger partial charge in [-0.3, -0.25) is 4.79 Å². The molecular weight excluding hydrogens is 275 g/mol. The number of benzene rings is 1. The molecule has 0 spiro atoms. The van der Waals surface area contributed by atoms with E-state index in [2.05, 4.69) is 5.32 Å². The zero-order valence-electron chi connectivity index (χ0n) is 10.5. The molecule has 1 amide bonds. The Bertz CT molecular complexity index is 574. The Morgan fingerprint density at radius 1 is 1.53 bits per heavy atom. The summed E-state index contributed by atoms with van der Waals surface area (Å²) in [6.07, 6.45) is -0.894. The summed E-state index contributed by atoms with van der Waals surface area (Å²) < 4.78 is 40.8. The first-order chi connectivity index (χ1) is 8.75. The Kier molecular flexibility index (Phi) is 4.84. The fourth-order valence-corrected chi connectivity index (χ4v) is 1.84. The van der Waals surface area contributed by atoms with Crippen molar-refractivity contribution in [1.29, 1.82) is 0 Å². The van der Waals surface area contributed by atoms with Gasteiger partial charge in [-0.1, -0.05) is 0 Å². The van der Waals surface area contributed by atoms with Crippen LogP contribution >= 0.6 is 0 Å². The van der Waals surface area contributed by atoms with E-state index in [0.29, 0.717) is 6.54 Å². The lowest BCUT2D eigenvalue weighted by Crippen LogP contribution is -2.36. The molecule has 1 atom stereocenters. The van der Waals surface area contributed by atoms with Crippen molar-refractivity contribution in [3.05, 3.63) is 24.0 Å². The van der Waals surface area contributed by atoms with Gasteiger partial charge in [0.25, 0.3) is 5.91 Å². The van der Waals surface area contributed by atoms with Crippen LogP contribution in [0.2, 0.25) is 0 Å². The van der Waals surface area contributed by atoms with Crippen LogP contribution in [0.4, 0.5) is 4.39 Å². The second-order valence-electron chi connectivity index (χ2n) is 3.79. The molecule has 106 valence electrons. The Morgan fingerprint density at radius 2 is 2.16 bits per heavy atom. The number of amides is 1. The van der Waals surface area contributed by atoms with Crippen LogP contribution in [-0.4, -0.2) is 27.0 Å². The minimum Gasteiger partial charge on any atom is -0.478 e. The molecule has 0 bridgehead atoms. The molecule has 19 heavy (non-hydrogen) atoms. The average molecular weight is 290 g/mol. The van der Waals surface area contributed by atoms with Crippen LogP contribution in [0, 0.1) is 5.82 Å². The molecule has 8 heteroatoms. The van der Waals surface area contributed by atoms with Gasteiger partial charge < -0.3 is 10.1 Å². The maximum Gasteiger partial charge on any atom is 0.260 e. The highest BCUT2D eigenvalue weighted by molar-refractivity contribution is 7.89. The summed E-state index contributed by atoms with van der Waals surface area (Å²) in [7, 11) is -3.97. The van der Waals surface area contributed by atoms with Gasteiger partial charge in [0, 0.05) is 6.54 Å². The van der Waals surface area contributed by atoms with Crippen LogP contribution in [0.1, 0.15) is 13.8 Å². The summed E-state index contributed by atoms with van der Waals surface area (Å²) in [4.78, 5) is 11.1. The lowest BCUT2D eigenvalue weighted by Gasteiger charge is -2.14. The topological polar surface area (TPSA) is 98.5 Å². The number of carbonyl (C=O) groups excluding carboxylic acids is 1. The molecule has 3 N–H and O–H groups in total. The first-order valence-electron chi connectivity index (χ1n) is 5.52. The Morgan fingerprint density at radius 3 is 2.63 bits per heavy atom. The summed E-state index contributed by atoms with van der Waals surface area (Å²) in [5.41, 5.74) is 0. The predicted molar refractivity (Wildman–Crippen MR) is 66.5 cm³/mol. The number of nitrogens with one attached hydrogen (secondary N) is 1. The van der Waals surface area contributed by atoms with Gasteiger partial charge in [-0.25, -0.2) is 17.9 Å². The Balaban J connectivity index is 2.89. The zero-order chi connectivity index (χ0) is 14.6. The lowest BCUT2D eigenvalue weighted by atomic mass is 10.3. The van der Waals surface area contributed by atoms with Gasteiger partial charge in [-0.15, -0.1) is 0 Å². The van der Waals surface area contributed by atoms with E-state index in [-0.39, 0.29) is 10.6 Å². The first kappa shape index (κ1) is 15.4. The van der Waals surface area contributed by atoms with Gasteiger partial charge in [-0.05, 0) is 32.0 Å². The summed E-state index contributed by atoms with van der Waals surface area (Å²) >= 11 is 0. The molecule has 1 aromatic carbocycles. The standard InChI is InChI=1S/C11H15FN2O4S/c1-3-14-11(15)7(2)18-10-5-4-8(6-9(10)12)19(13,16)17/h4-7H,3H2,1-2H3,(H,14,15)(H2,13,16,17). The van der Waals surface area contributed by atoms with Crippen molar-refractivity contribution in [2.45, 2.75) is 24.8 Å². The van der Waals surface area contributed by atoms with Crippen LogP contribution in [0.3, 0.4) is 0 Å². The van der Waals surface area contributed by atoms with Crippen LogP contribution in [0.15, 0.2) is 23.1 Å². The van der Waals surface area contributed by atoms with Crippen LogP contribution < -0.4 is 15.2 Å². The maximum absolute atomic E-state index is 13.6. The van der Waals surface area contributed by atoms with Gasteiger partial charge in [-0.2, -0.15) is 0 Å². The number of sulfonamides is 1. The van der Waals surface area contributed by atoms with Crippen molar-refractivity contribution >= 4 is 15.9 Å². The quantitative estimate of drug-likeness (QED) is 0.818. The minimum atomic E-state index is -3.97. The molecule has 0 aliphatic rings. The highest BCUT2D eigenvalue weighted by Gasteiger charge is 2.17. The van der Waals surface area contributed by atoms with Crippen LogP contribution in [0.25, 0.3) is 0 Å². The highest BCUT2D eigenvalue weighted by atomic mass is 32.2. The Hall–Kier alpha value is -1.67. The molecule has 1 unspecified atom stereocenters. The second kappa shape index (κ2) is 5.98. The van der Waals surface area contributed by atoms with Gasteiger partial charge in [0.15, 0.2) is 17.7 Å². The van der Waals surface area contributed by atoms with E-state index in [4.69, 9.17) is 9.88 Å². The van der Waals surface area contributed by atoms with Crippen molar-refractivity contribution in [3.63, 3.8) is 0 Å². The van der Waals surface area contributed by atoms with Crippen molar-refractivity contribution in [3.8, 4) is 5.75 Å². The number of likely N-dealkylation sites (N-methyl/N-ethyl adjacent to an activating group) is 1. The third-order valence-corrected chi connectivity index (χ3v) is 3.17. The lowest BCUT2D eigenvalue weighted by molar-refractivity contribution is -0.127. The molecule has 0 heterocycles. The zero-order valence-corrected chi connectivity index (χ0v) is 11.3. The van der Waals surface area contributed by atoms with E-state index in [1.165, 1.54) is 6.92 Å². The molecule has 0 aromatic heterocycles.